The molecule has 3 nitrogen and oxygen atoms in total. The van der Waals surface area contributed by atoms with Crippen LogP contribution in [0.25, 0.3) is 5.57 Å². The fraction of sp³-hybridized carbons (Fsp3) is 0.0833. The first-order valence-electron chi connectivity index (χ1n) is 4.68. The van der Waals surface area contributed by atoms with E-state index in [9.17, 15) is 4.79 Å². The van der Waals surface area contributed by atoms with Crippen molar-refractivity contribution in [1.29, 1.82) is 0 Å². The minimum Gasteiger partial charge on any atom is -0.298 e. The van der Waals surface area contributed by atoms with Crippen molar-refractivity contribution in [3.63, 3.8) is 0 Å². The summed E-state index contributed by atoms with van der Waals surface area (Å²) in [6.07, 6.45) is 11.2. The van der Waals surface area contributed by atoms with Crippen molar-refractivity contribution < 1.29 is 0 Å². The highest BCUT2D eigenvalue weighted by molar-refractivity contribution is 5.72. The summed E-state index contributed by atoms with van der Waals surface area (Å²) in [5, 5.41) is 5.28. The zero-order valence-corrected chi connectivity index (χ0v) is 8.66. The average molecular weight is 202 g/mol. The van der Waals surface area contributed by atoms with Crippen LogP contribution >= 0.6 is 0 Å². The van der Waals surface area contributed by atoms with Crippen molar-refractivity contribution in [3.05, 3.63) is 65.1 Å². The Labute approximate surface area is 88.5 Å². The van der Waals surface area contributed by atoms with E-state index in [1.807, 2.05) is 37.3 Å². The Morgan fingerprint density at radius 1 is 1.40 bits per heavy atom. The summed E-state index contributed by atoms with van der Waals surface area (Å²) in [5.41, 5.74) is 1.52. The van der Waals surface area contributed by atoms with Gasteiger partial charge in [-0.25, -0.2) is 0 Å². The van der Waals surface area contributed by atoms with Gasteiger partial charge in [-0.3, -0.25) is 15.0 Å². The Morgan fingerprint density at radius 2 is 2.20 bits per heavy atom. The molecule has 78 valence electrons. The van der Waals surface area contributed by atoms with Crippen LogP contribution in [0.5, 0.6) is 0 Å². The molecule has 0 saturated heterocycles. The zero-order valence-electron chi connectivity index (χ0n) is 8.66. The molecule has 0 aliphatic rings. The molecule has 0 spiro atoms. The van der Waals surface area contributed by atoms with Gasteiger partial charge in [-0.2, -0.15) is 0 Å². The van der Waals surface area contributed by atoms with Crippen molar-refractivity contribution in [1.82, 2.24) is 10.2 Å². The molecule has 0 aromatic carbocycles. The number of rotatable bonds is 4. The molecule has 15 heavy (non-hydrogen) atoms. The van der Waals surface area contributed by atoms with E-state index in [1.54, 1.807) is 6.08 Å². The quantitative estimate of drug-likeness (QED) is 0.724. The predicted molar refractivity (Wildman–Crippen MR) is 63.5 cm³/mol. The Kier molecular flexibility index (Phi) is 4.16. The first kappa shape index (κ1) is 11.0. The number of H-pyrrole nitrogens is 2. The molecule has 0 bridgehead atoms. The van der Waals surface area contributed by atoms with E-state index >= 15 is 0 Å². The number of aromatic amines is 2. The van der Waals surface area contributed by atoms with Gasteiger partial charge in [0.25, 0.3) is 5.56 Å². The highest BCUT2D eigenvalue weighted by Crippen LogP contribution is 2.11. The van der Waals surface area contributed by atoms with Gasteiger partial charge < -0.3 is 0 Å². The van der Waals surface area contributed by atoms with Gasteiger partial charge in [-0.15, -0.1) is 0 Å². The average Bonchev–Trinajstić information content (AvgIpc) is 2.64. The Morgan fingerprint density at radius 3 is 2.73 bits per heavy atom. The predicted octanol–water partition coefficient (Wildman–Crippen LogP) is 2.40. The molecule has 1 heterocycles. The molecule has 3 heteroatoms. The van der Waals surface area contributed by atoms with E-state index in [1.165, 1.54) is 6.07 Å². The second-order valence-electron chi connectivity index (χ2n) is 2.91. The lowest BCUT2D eigenvalue weighted by atomic mass is 10.1. The minimum atomic E-state index is -0.139. The number of allylic oxidation sites excluding steroid dienone is 7. The topological polar surface area (TPSA) is 48.6 Å². The van der Waals surface area contributed by atoms with E-state index in [2.05, 4.69) is 16.8 Å². The molecule has 0 unspecified atom stereocenters. The van der Waals surface area contributed by atoms with Crippen molar-refractivity contribution in [2.45, 2.75) is 6.92 Å². The fourth-order valence-corrected chi connectivity index (χ4v) is 1.12. The van der Waals surface area contributed by atoms with Gasteiger partial charge >= 0.3 is 0 Å². The first-order valence-corrected chi connectivity index (χ1v) is 4.68. The van der Waals surface area contributed by atoms with Gasteiger partial charge in [-0.05, 0) is 12.5 Å². The van der Waals surface area contributed by atoms with E-state index < -0.39 is 0 Å². The number of hydrogen-bond donors (Lipinski definition) is 2. The van der Waals surface area contributed by atoms with E-state index in [0.717, 1.165) is 11.3 Å². The van der Waals surface area contributed by atoms with Crippen LogP contribution in [-0.2, 0) is 0 Å². The lowest BCUT2D eigenvalue weighted by molar-refractivity contribution is 1.04. The standard InChI is InChI=1S/C12H14N2O/c1-3-5-6-8-10(7-4-2)11-9-12(15)14-13-11/h3-9H,2H2,1H3,(H2,13,14,15)/b5-3-,8-6-,10-7+. The molecule has 1 aromatic heterocycles. The maximum absolute atomic E-state index is 11.0. The van der Waals surface area contributed by atoms with Crippen LogP contribution in [0, 0.1) is 0 Å². The molecule has 0 amide bonds. The second kappa shape index (κ2) is 5.65. The molecule has 1 rings (SSSR count). The third-order valence-corrected chi connectivity index (χ3v) is 1.78. The van der Waals surface area contributed by atoms with E-state index in [0.29, 0.717) is 0 Å². The molecular weight excluding hydrogens is 188 g/mol. The van der Waals surface area contributed by atoms with Gasteiger partial charge in [0, 0.05) is 6.07 Å². The Hall–Kier alpha value is -2.03. The lowest BCUT2D eigenvalue weighted by Gasteiger charge is -1.95. The van der Waals surface area contributed by atoms with Crippen LogP contribution in [0.2, 0.25) is 0 Å². The normalized spacial score (nSPS) is 12.7. The number of nitrogens with one attached hydrogen (secondary N) is 2. The molecule has 0 radical (unpaired) electrons. The van der Waals surface area contributed by atoms with Gasteiger partial charge in [0.05, 0.1) is 5.69 Å². The highest BCUT2D eigenvalue weighted by Gasteiger charge is 1.98. The lowest BCUT2D eigenvalue weighted by Crippen LogP contribution is -1.93. The summed E-state index contributed by atoms with van der Waals surface area (Å²) in [6, 6.07) is 1.51. The second-order valence-corrected chi connectivity index (χ2v) is 2.91. The molecule has 0 saturated carbocycles. The number of hydrogen-bond acceptors (Lipinski definition) is 1. The van der Waals surface area contributed by atoms with Crippen LogP contribution in [0.3, 0.4) is 0 Å². The fourth-order valence-electron chi connectivity index (χ4n) is 1.12. The molecule has 2 N–H and O–H groups in total. The van der Waals surface area contributed by atoms with Crippen LogP contribution in [-0.4, -0.2) is 10.2 Å². The monoisotopic (exact) mass is 202 g/mol. The maximum atomic E-state index is 11.0. The Balaban J connectivity index is 2.98. The third kappa shape index (κ3) is 3.31. The smallest absolute Gasteiger partial charge is 0.264 e. The summed E-state index contributed by atoms with van der Waals surface area (Å²) >= 11 is 0. The summed E-state index contributed by atoms with van der Waals surface area (Å²) in [6.45, 7) is 5.57. The van der Waals surface area contributed by atoms with Crippen molar-refractivity contribution in [2.75, 3.05) is 0 Å². The third-order valence-electron chi connectivity index (χ3n) is 1.78. The molecule has 0 atom stereocenters. The van der Waals surface area contributed by atoms with Gasteiger partial charge in [0.15, 0.2) is 0 Å². The van der Waals surface area contributed by atoms with Crippen molar-refractivity contribution in [2.24, 2.45) is 0 Å². The van der Waals surface area contributed by atoms with Crippen molar-refractivity contribution in [3.8, 4) is 0 Å². The summed E-state index contributed by atoms with van der Waals surface area (Å²) in [7, 11) is 0. The maximum Gasteiger partial charge on any atom is 0.264 e. The molecule has 0 aliphatic carbocycles. The SMILES string of the molecule is C=C\C=C(/C=C\C=C/C)c1cc(=O)[nH][nH]1. The minimum absolute atomic E-state index is 0.139. The summed E-state index contributed by atoms with van der Waals surface area (Å²) in [4.78, 5) is 11.0. The summed E-state index contributed by atoms with van der Waals surface area (Å²) < 4.78 is 0. The van der Waals surface area contributed by atoms with Crippen LogP contribution in [0.1, 0.15) is 12.6 Å². The van der Waals surface area contributed by atoms with Crippen LogP contribution < -0.4 is 5.56 Å². The van der Waals surface area contributed by atoms with Gasteiger partial charge in [0.1, 0.15) is 0 Å². The molecule has 0 fully saturated rings. The largest absolute Gasteiger partial charge is 0.298 e. The Bertz CT molecular complexity index is 458. The van der Waals surface area contributed by atoms with E-state index in [-0.39, 0.29) is 5.56 Å². The van der Waals surface area contributed by atoms with Gasteiger partial charge in [-0.1, -0.05) is 43.0 Å². The van der Waals surface area contributed by atoms with Crippen LogP contribution in [0.4, 0.5) is 0 Å². The zero-order chi connectivity index (χ0) is 11.1. The summed E-state index contributed by atoms with van der Waals surface area (Å²) in [5.74, 6) is 0. The highest BCUT2D eigenvalue weighted by atomic mass is 16.1. The van der Waals surface area contributed by atoms with Crippen molar-refractivity contribution >= 4 is 5.57 Å². The molecular formula is C12H14N2O. The van der Waals surface area contributed by atoms with Gasteiger partial charge in [0.2, 0.25) is 0 Å². The number of aromatic nitrogens is 2. The van der Waals surface area contributed by atoms with Crippen LogP contribution in [0.15, 0.2) is 53.9 Å². The first-order chi connectivity index (χ1) is 7.27. The van der Waals surface area contributed by atoms with E-state index in [4.69, 9.17) is 0 Å². The molecule has 1 aromatic rings. The molecule has 0 aliphatic heterocycles.